The number of aromatic nitrogens is 1. The van der Waals surface area contributed by atoms with Crippen molar-refractivity contribution in [2.45, 2.75) is 6.61 Å². The highest BCUT2D eigenvalue weighted by molar-refractivity contribution is 5.90. The van der Waals surface area contributed by atoms with Gasteiger partial charge in [0.05, 0.1) is 17.6 Å². The highest BCUT2D eigenvalue weighted by Crippen LogP contribution is 2.28. The van der Waals surface area contributed by atoms with Gasteiger partial charge in [-0.25, -0.2) is 4.79 Å². The van der Waals surface area contributed by atoms with E-state index < -0.39 is 10.9 Å². The monoisotopic (exact) mass is 288 g/mol. The van der Waals surface area contributed by atoms with Crippen LogP contribution in [0.2, 0.25) is 0 Å². The zero-order chi connectivity index (χ0) is 15.2. The number of hydrogen-bond acceptors (Lipinski definition) is 6. The van der Waals surface area contributed by atoms with Crippen LogP contribution >= 0.6 is 0 Å². The number of nitrogens with zero attached hydrogens (tertiary/aromatic N) is 2. The van der Waals surface area contributed by atoms with Crippen molar-refractivity contribution >= 4 is 11.7 Å². The lowest BCUT2D eigenvalue weighted by Crippen LogP contribution is -2.04. The van der Waals surface area contributed by atoms with Crippen molar-refractivity contribution in [3.05, 3.63) is 64.0 Å². The van der Waals surface area contributed by atoms with Crippen LogP contribution in [-0.4, -0.2) is 23.0 Å². The minimum Gasteiger partial charge on any atom is -0.482 e. The number of carbonyl (C=O) groups is 1. The predicted octanol–water partition coefficient (Wildman–Crippen LogP) is 2.36. The van der Waals surface area contributed by atoms with Crippen molar-refractivity contribution in [3.8, 4) is 5.75 Å². The van der Waals surface area contributed by atoms with Gasteiger partial charge in [0.25, 0.3) is 0 Å². The van der Waals surface area contributed by atoms with Crippen molar-refractivity contribution in [1.82, 2.24) is 4.98 Å². The smallest absolute Gasteiger partial charge is 0.338 e. The molecule has 0 aliphatic rings. The number of methoxy groups -OCH3 is 1. The molecule has 0 unspecified atom stereocenters. The fourth-order valence-corrected chi connectivity index (χ4v) is 1.67. The van der Waals surface area contributed by atoms with E-state index in [-0.39, 0.29) is 23.6 Å². The number of esters is 1. The van der Waals surface area contributed by atoms with Gasteiger partial charge in [-0.15, -0.1) is 0 Å². The Morgan fingerprint density at radius 3 is 2.81 bits per heavy atom. The lowest BCUT2D eigenvalue weighted by Gasteiger charge is -2.07. The molecule has 0 saturated heterocycles. The Morgan fingerprint density at radius 1 is 1.38 bits per heavy atom. The van der Waals surface area contributed by atoms with Gasteiger partial charge in [0.15, 0.2) is 5.75 Å². The Bertz CT molecular complexity index is 658. The van der Waals surface area contributed by atoms with E-state index in [1.54, 1.807) is 24.5 Å². The minimum atomic E-state index is -0.642. The molecule has 1 heterocycles. The summed E-state index contributed by atoms with van der Waals surface area (Å²) in [6.07, 6.45) is 3.23. The van der Waals surface area contributed by atoms with E-state index in [1.807, 2.05) is 0 Å². The number of hydrogen-bond donors (Lipinski definition) is 0. The van der Waals surface area contributed by atoms with Crippen LogP contribution < -0.4 is 4.74 Å². The maximum atomic E-state index is 11.4. The molecule has 21 heavy (non-hydrogen) atoms. The molecule has 108 valence electrons. The van der Waals surface area contributed by atoms with Crippen molar-refractivity contribution in [3.63, 3.8) is 0 Å². The number of rotatable bonds is 5. The van der Waals surface area contributed by atoms with Gasteiger partial charge >= 0.3 is 11.7 Å². The van der Waals surface area contributed by atoms with E-state index in [1.165, 1.54) is 19.2 Å². The summed E-state index contributed by atoms with van der Waals surface area (Å²) in [6, 6.07) is 7.46. The summed E-state index contributed by atoms with van der Waals surface area (Å²) < 4.78 is 9.95. The Labute approximate surface area is 120 Å². The first-order chi connectivity index (χ1) is 10.1. The molecule has 7 heteroatoms. The fourth-order valence-electron chi connectivity index (χ4n) is 1.67. The van der Waals surface area contributed by atoms with E-state index in [0.717, 1.165) is 11.6 Å². The maximum Gasteiger partial charge on any atom is 0.338 e. The highest BCUT2D eigenvalue weighted by Gasteiger charge is 2.19. The predicted molar refractivity (Wildman–Crippen MR) is 73.0 cm³/mol. The maximum absolute atomic E-state index is 11.4. The van der Waals surface area contributed by atoms with Crippen LogP contribution in [0, 0.1) is 10.1 Å². The molecule has 0 saturated carbocycles. The van der Waals surface area contributed by atoms with E-state index in [2.05, 4.69) is 9.72 Å². The first-order valence-corrected chi connectivity index (χ1v) is 6.00. The SMILES string of the molecule is COC(=O)c1ccc(OCc2cccnc2)c([N+](=O)[O-])c1. The van der Waals surface area contributed by atoms with Crippen molar-refractivity contribution in [2.24, 2.45) is 0 Å². The van der Waals surface area contributed by atoms with E-state index >= 15 is 0 Å². The van der Waals surface area contributed by atoms with Crippen molar-refractivity contribution in [2.75, 3.05) is 7.11 Å². The first kappa shape index (κ1) is 14.4. The average Bonchev–Trinajstić information content (AvgIpc) is 2.52. The lowest BCUT2D eigenvalue weighted by molar-refractivity contribution is -0.386. The zero-order valence-electron chi connectivity index (χ0n) is 11.2. The third-order valence-electron chi connectivity index (χ3n) is 2.69. The van der Waals surface area contributed by atoms with E-state index in [9.17, 15) is 14.9 Å². The molecule has 0 atom stereocenters. The second-order valence-corrected chi connectivity index (χ2v) is 4.08. The Kier molecular flexibility index (Phi) is 4.45. The van der Waals surface area contributed by atoms with E-state index in [4.69, 9.17) is 4.74 Å². The second kappa shape index (κ2) is 6.47. The van der Waals surface area contributed by atoms with Crippen molar-refractivity contribution in [1.29, 1.82) is 0 Å². The van der Waals surface area contributed by atoms with Crippen LogP contribution in [0.1, 0.15) is 15.9 Å². The highest BCUT2D eigenvalue weighted by atomic mass is 16.6. The summed E-state index contributed by atoms with van der Waals surface area (Å²) >= 11 is 0. The number of carbonyl (C=O) groups excluding carboxylic acids is 1. The standard InChI is InChI=1S/C14H12N2O5/c1-20-14(17)11-4-5-13(12(7-11)16(18)19)21-9-10-3-2-6-15-8-10/h2-8H,9H2,1H3. The van der Waals surface area contributed by atoms with Gasteiger partial charge in [-0.05, 0) is 18.2 Å². The van der Waals surface area contributed by atoms with Crippen LogP contribution in [0.4, 0.5) is 5.69 Å². The molecule has 0 amide bonds. The van der Waals surface area contributed by atoms with Crippen LogP contribution in [0.15, 0.2) is 42.7 Å². The van der Waals surface area contributed by atoms with Gasteiger partial charge in [-0.1, -0.05) is 6.07 Å². The largest absolute Gasteiger partial charge is 0.482 e. The quantitative estimate of drug-likeness (QED) is 0.476. The third kappa shape index (κ3) is 3.53. The van der Waals surface area contributed by atoms with Gasteiger partial charge in [0.2, 0.25) is 0 Å². The fraction of sp³-hybridized carbons (Fsp3) is 0.143. The Balaban J connectivity index is 2.22. The van der Waals surface area contributed by atoms with Crippen LogP contribution in [0.25, 0.3) is 0 Å². The molecule has 0 bridgehead atoms. The molecule has 7 nitrogen and oxygen atoms in total. The molecule has 0 aliphatic heterocycles. The normalized spacial score (nSPS) is 9.95. The number of nitro groups is 1. The minimum absolute atomic E-state index is 0.0801. The second-order valence-electron chi connectivity index (χ2n) is 4.08. The zero-order valence-corrected chi connectivity index (χ0v) is 11.2. The van der Waals surface area contributed by atoms with Gasteiger partial charge in [-0.3, -0.25) is 15.1 Å². The molecule has 2 aromatic rings. The van der Waals surface area contributed by atoms with Gasteiger partial charge in [0, 0.05) is 24.0 Å². The Morgan fingerprint density at radius 2 is 2.19 bits per heavy atom. The van der Waals surface area contributed by atoms with Crippen molar-refractivity contribution < 1.29 is 19.2 Å². The van der Waals surface area contributed by atoms with Crippen LogP contribution in [0.3, 0.4) is 0 Å². The lowest BCUT2D eigenvalue weighted by atomic mass is 10.2. The summed E-state index contributed by atoms with van der Waals surface area (Å²) in [5.74, 6) is -0.562. The Hall–Kier alpha value is -2.96. The molecule has 0 radical (unpaired) electrons. The summed E-state index contributed by atoms with van der Waals surface area (Å²) in [5.41, 5.74) is 0.587. The number of ether oxygens (including phenoxy) is 2. The molecule has 0 spiro atoms. The molecular formula is C14H12N2O5. The number of benzene rings is 1. The van der Waals surface area contributed by atoms with Crippen LogP contribution in [0.5, 0.6) is 5.75 Å². The molecule has 0 N–H and O–H groups in total. The summed E-state index contributed by atoms with van der Waals surface area (Å²) in [5, 5.41) is 11.1. The molecule has 0 aliphatic carbocycles. The first-order valence-electron chi connectivity index (χ1n) is 6.00. The summed E-state index contributed by atoms with van der Waals surface area (Å²) in [6.45, 7) is 0.145. The van der Waals surface area contributed by atoms with Gasteiger partial charge in [-0.2, -0.15) is 0 Å². The van der Waals surface area contributed by atoms with Gasteiger partial charge in [0.1, 0.15) is 6.61 Å². The van der Waals surface area contributed by atoms with Crippen LogP contribution in [-0.2, 0) is 11.3 Å². The topological polar surface area (TPSA) is 91.6 Å². The molecular weight excluding hydrogens is 276 g/mol. The van der Waals surface area contributed by atoms with Gasteiger partial charge < -0.3 is 9.47 Å². The number of nitro benzene ring substituents is 1. The summed E-state index contributed by atoms with van der Waals surface area (Å²) in [7, 11) is 1.21. The average molecular weight is 288 g/mol. The third-order valence-corrected chi connectivity index (χ3v) is 2.69. The van der Waals surface area contributed by atoms with E-state index in [0.29, 0.717) is 0 Å². The molecule has 0 fully saturated rings. The summed E-state index contributed by atoms with van der Waals surface area (Å²) in [4.78, 5) is 25.8. The molecule has 2 rings (SSSR count). The molecule has 1 aromatic heterocycles. The number of pyridine rings is 1. The molecule has 1 aromatic carbocycles.